The van der Waals surface area contributed by atoms with Crippen LogP contribution in [0, 0.1) is 5.92 Å². The van der Waals surface area contributed by atoms with E-state index < -0.39 is 0 Å². The molecule has 0 saturated carbocycles. The largest absolute Gasteiger partial charge is 0.497 e. The summed E-state index contributed by atoms with van der Waals surface area (Å²) in [6.07, 6.45) is -0.0850. The van der Waals surface area contributed by atoms with Gasteiger partial charge < -0.3 is 25.4 Å². The minimum atomic E-state index is -0.0850. The number of aliphatic imine (C=N–C) groups is 1. The van der Waals surface area contributed by atoms with Gasteiger partial charge in [0.15, 0.2) is 5.96 Å². The van der Waals surface area contributed by atoms with E-state index in [-0.39, 0.29) is 17.9 Å². The molecule has 1 aromatic carbocycles. The summed E-state index contributed by atoms with van der Waals surface area (Å²) >= 11 is 0. The number of rotatable bonds is 10. The molecule has 1 unspecified atom stereocenters. The smallest absolute Gasteiger partial charge is 0.222 e. The minimum Gasteiger partial charge on any atom is -0.497 e. The van der Waals surface area contributed by atoms with E-state index in [0.717, 1.165) is 18.0 Å². The van der Waals surface area contributed by atoms with Crippen molar-refractivity contribution in [2.24, 2.45) is 10.9 Å². The molecule has 7 heteroatoms. The summed E-state index contributed by atoms with van der Waals surface area (Å²) < 4.78 is 11.1. The number of methoxy groups -OCH3 is 1. The predicted octanol–water partition coefficient (Wildman–Crippen LogP) is 1.79. The van der Waals surface area contributed by atoms with E-state index in [1.54, 1.807) is 7.11 Å². The maximum atomic E-state index is 11.5. The second-order valence-electron chi connectivity index (χ2n) is 6.20. The van der Waals surface area contributed by atoms with Gasteiger partial charge in [-0.3, -0.25) is 4.79 Å². The summed E-state index contributed by atoms with van der Waals surface area (Å²) in [5, 5.41) is 9.25. The van der Waals surface area contributed by atoms with Crippen molar-refractivity contribution >= 4 is 11.9 Å². The molecule has 0 radical (unpaired) electrons. The highest BCUT2D eigenvalue weighted by Gasteiger charge is 2.07. The van der Waals surface area contributed by atoms with E-state index >= 15 is 0 Å². The van der Waals surface area contributed by atoms with Crippen LogP contribution in [0.25, 0.3) is 0 Å². The van der Waals surface area contributed by atoms with Crippen molar-refractivity contribution in [3.63, 3.8) is 0 Å². The third kappa shape index (κ3) is 8.60. The van der Waals surface area contributed by atoms with Gasteiger partial charge >= 0.3 is 0 Å². The molecule has 3 N–H and O–H groups in total. The maximum absolute atomic E-state index is 11.5. The zero-order chi connectivity index (χ0) is 19.4. The summed E-state index contributed by atoms with van der Waals surface area (Å²) in [6.45, 7) is 10.1. The molecule has 1 rings (SSSR count). The number of hydrogen-bond donors (Lipinski definition) is 3. The second-order valence-corrected chi connectivity index (χ2v) is 6.20. The van der Waals surface area contributed by atoms with Crippen LogP contribution in [0.5, 0.6) is 11.5 Å². The molecule has 0 aliphatic heterocycles. The van der Waals surface area contributed by atoms with Crippen molar-refractivity contribution in [2.45, 2.75) is 33.8 Å². The molecule has 0 fully saturated rings. The summed E-state index contributed by atoms with van der Waals surface area (Å²) in [7, 11) is 1.63. The highest BCUT2D eigenvalue weighted by Crippen LogP contribution is 2.19. The molecule has 1 amide bonds. The van der Waals surface area contributed by atoms with Gasteiger partial charge in [0.05, 0.1) is 13.7 Å². The Hall–Kier alpha value is -2.44. The molecular weight excluding hydrogens is 332 g/mol. The fourth-order valence-electron chi connectivity index (χ4n) is 2.08. The van der Waals surface area contributed by atoms with Gasteiger partial charge in [0.25, 0.3) is 0 Å². The molecule has 7 nitrogen and oxygen atoms in total. The number of nitrogens with zero attached hydrogens (tertiary/aromatic N) is 1. The molecule has 0 saturated heterocycles. The van der Waals surface area contributed by atoms with E-state index in [0.29, 0.717) is 25.6 Å². The average molecular weight is 364 g/mol. The number of carbonyl (C=O) groups excluding carboxylic acids is 1. The SMILES string of the molecule is CCNC(=NCC(C)Oc1cccc(OC)c1)NCCNC(=O)C(C)C. The van der Waals surface area contributed by atoms with Crippen LogP contribution in [-0.4, -0.2) is 51.3 Å². The fourth-order valence-corrected chi connectivity index (χ4v) is 2.08. The van der Waals surface area contributed by atoms with Crippen LogP contribution in [0.3, 0.4) is 0 Å². The lowest BCUT2D eigenvalue weighted by Crippen LogP contribution is -2.42. The Morgan fingerprint density at radius 1 is 1.12 bits per heavy atom. The van der Waals surface area contributed by atoms with Gasteiger partial charge in [0.2, 0.25) is 5.91 Å². The van der Waals surface area contributed by atoms with E-state index in [4.69, 9.17) is 9.47 Å². The van der Waals surface area contributed by atoms with Crippen LogP contribution in [0.1, 0.15) is 27.7 Å². The molecule has 146 valence electrons. The summed E-state index contributed by atoms with van der Waals surface area (Å²) in [5.74, 6) is 2.26. The van der Waals surface area contributed by atoms with Crippen LogP contribution in [0.4, 0.5) is 0 Å². The first kappa shape index (κ1) is 21.6. The first-order chi connectivity index (χ1) is 12.5. The third-order valence-corrected chi connectivity index (χ3v) is 3.47. The van der Waals surface area contributed by atoms with Crippen molar-refractivity contribution in [2.75, 3.05) is 33.3 Å². The van der Waals surface area contributed by atoms with Gasteiger partial charge in [-0.25, -0.2) is 4.99 Å². The number of nitrogens with one attached hydrogen (secondary N) is 3. The van der Waals surface area contributed by atoms with Crippen molar-refractivity contribution < 1.29 is 14.3 Å². The third-order valence-electron chi connectivity index (χ3n) is 3.47. The van der Waals surface area contributed by atoms with Gasteiger partial charge in [0.1, 0.15) is 17.6 Å². The van der Waals surface area contributed by atoms with Gasteiger partial charge in [0, 0.05) is 31.6 Å². The monoisotopic (exact) mass is 364 g/mol. The van der Waals surface area contributed by atoms with E-state index in [1.807, 2.05) is 52.0 Å². The maximum Gasteiger partial charge on any atom is 0.222 e. The molecule has 0 aliphatic rings. The van der Waals surface area contributed by atoms with Crippen LogP contribution < -0.4 is 25.4 Å². The number of guanidine groups is 1. The summed E-state index contributed by atoms with van der Waals surface area (Å²) in [6, 6.07) is 7.51. The van der Waals surface area contributed by atoms with E-state index in [2.05, 4.69) is 20.9 Å². The quantitative estimate of drug-likeness (QED) is 0.335. The Morgan fingerprint density at radius 3 is 2.46 bits per heavy atom. The Balaban J connectivity index is 2.44. The Labute approximate surface area is 156 Å². The van der Waals surface area contributed by atoms with Gasteiger partial charge in [-0.2, -0.15) is 0 Å². The second kappa shape index (κ2) is 12.0. The van der Waals surface area contributed by atoms with Gasteiger partial charge in [-0.1, -0.05) is 19.9 Å². The lowest BCUT2D eigenvalue weighted by atomic mass is 10.2. The molecule has 0 spiro atoms. The Bertz CT molecular complexity index is 576. The Morgan fingerprint density at radius 2 is 1.81 bits per heavy atom. The van der Waals surface area contributed by atoms with E-state index in [9.17, 15) is 4.79 Å². The number of amides is 1. The molecule has 26 heavy (non-hydrogen) atoms. The van der Waals surface area contributed by atoms with Crippen LogP contribution in [0.2, 0.25) is 0 Å². The molecular formula is C19H32N4O3. The van der Waals surface area contributed by atoms with Crippen LogP contribution in [0.15, 0.2) is 29.3 Å². The summed E-state index contributed by atoms with van der Waals surface area (Å²) in [4.78, 5) is 16.1. The highest BCUT2D eigenvalue weighted by atomic mass is 16.5. The normalized spacial score (nSPS) is 12.5. The molecule has 1 atom stereocenters. The van der Waals surface area contributed by atoms with Gasteiger partial charge in [-0.15, -0.1) is 0 Å². The van der Waals surface area contributed by atoms with E-state index in [1.165, 1.54) is 0 Å². The number of benzene rings is 1. The van der Waals surface area contributed by atoms with Crippen molar-refractivity contribution in [3.8, 4) is 11.5 Å². The van der Waals surface area contributed by atoms with Crippen molar-refractivity contribution in [1.82, 2.24) is 16.0 Å². The van der Waals surface area contributed by atoms with Crippen LogP contribution in [-0.2, 0) is 4.79 Å². The molecule has 0 bridgehead atoms. The predicted molar refractivity (Wildman–Crippen MR) is 105 cm³/mol. The zero-order valence-corrected chi connectivity index (χ0v) is 16.5. The lowest BCUT2D eigenvalue weighted by Gasteiger charge is -2.16. The first-order valence-corrected chi connectivity index (χ1v) is 9.06. The van der Waals surface area contributed by atoms with Crippen molar-refractivity contribution in [1.29, 1.82) is 0 Å². The van der Waals surface area contributed by atoms with Crippen molar-refractivity contribution in [3.05, 3.63) is 24.3 Å². The Kier molecular flexibility index (Phi) is 9.97. The van der Waals surface area contributed by atoms with Crippen LogP contribution >= 0.6 is 0 Å². The minimum absolute atomic E-state index is 0.00786. The average Bonchev–Trinajstić information content (AvgIpc) is 2.62. The molecule has 0 heterocycles. The zero-order valence-electron chi connectivity index (χ0n) is 16.5. The molecule has 0 aliphatic carbocycles. The van der Waals surface area contributed by atoms with Gasteiger partial charge in [-0.05, 0) is 26.0 Å². The highest BCUT2D eigenvalue weighted by molar-refractivity contribution is 5.80. The fraction of sp³-hybridized carbons (Fsp3) is 0.579. The first-order valence-electron chi connectivity index (χ1n) is 9.06. The standard InChI is InChI=1S/C19H32N4O3/c1-6-20-19(22-11-10-21-18(24)14(2)3)23-13-15(4)26-17-9-7-8-16(12-17)25-5/h7-9,12,14-15H,6,10-11,13H2,1-5H3,(H,21,24)(H2,20,22,23). The topological polar surface area (TPSA) is 84.0 Å². The molecule has 0 aromatic heterocycles. The number of carbonyl (C=O) groups is 1. The number of ether oxygens (including phenoxy) is 2. The summed E-state index contributed by atoms with van der Waals surface area (Å²) in [5.41, 5.74) is 0. The number of hydrogen-bond acceptors (Lipinski definition) is 4. The lowest BCUT2D eigenvalue weighted by molar-refractivity contribution is -0.123. The molecule has 1 aromatic rings.